The number of benzene rings is 2. The van der Waals surface area contributed by atoms with Crippen molar-refractivity contribution in [2.45, 2.75) is 20.4 Å². The molecule has 2 aromatic carbocycles. The number of hydrogen-bond donors (Lipinski definition) is 1. The predicted molar refractivity (Wildman–Crippen MR) is 108 cm³/mol. The van der Waals surface area contributed by atoms with Gasteiger partial charge in [0.2, 0.25) is 5.91 Å². The zero-order chi connectivity index (χ0) is 19.6. The lowest BCUT2D eigenvalue weighted by Crippen LogP contribution is -2.29. The van der Waals surface area contributed by atoms with E-state index in [1.807, 2.05) is 32.0 Å². The maximum absolute atomic E-state index is 12.3. The van der Waals surface area contributed by atoms with E-state index in [2.05, 4.69) is 10.4 Å². The van der Waals surface area contributed by atoms with Crippen molar-refractivity contribution in [3.05, 3.63) is 80.1 Å². The van der Waals surface area contributed by atoms with Crippen LogP contribution >= 0.6 is 23.2 Å². The van der Waals surface area contributed by atoms with Crippen LogP contribution in [0.25, 0.3) is 11.3 Å². The van der Waals surface area contributed by atoms with E-state index < -0.39 is 0 Å². The Morgan fingerprint density at radius 2 is 1.81 bits per heavy atom. The third-order valence-electron chi connectivity index (χ3n) is 4.02. The maximum atomic E-state index is 12.3. The molecule has 138 valence electrons. The molecule has 5 nitrogen and oxygen atoms in total. The first-order valence-corrected chi connectivity index (χ1v) is 9.00. The lowest BCUT2D eigenvalue weighted by atomic mass is 10.0. The molecule has 0 saturated heterocycles. The largest absolute Gasteiger partial charge is 0.324 e. The number of anilines is 1. The van der Waals surface area contributed by atoms with Crippen LogP contribution in [0.3, 0.4) is 0 Å². The molecular formula is C20H17Cl2N3O2. The topological polar surface area (TPSA) is 64.0 Å². The van der Waals surface area contributed by atoms with Gasteiger partial charge in [0.25, 0.3) is 5.56 Å². The van der Waals surface area contributed by atoms with Crippen molar-refractivity contribution in [3.8, 4) is 11.3 Å². The van der Waals surface area contributed by atoms with E-state index in [1.165, 1.54) is 6.07 Å². The van der Waals surface area contributed by atoms with E-state index in [0.29, 0.717) is 21.4 Å². The number of aryl methyl sites for hydroxylation is 2. The molecule has 1 heterocycles. The lowest BCUT2D eigenvalue weighted by Gasteiger charge is -2.10. The molecule has 3 rings (SSSR count). The highest BCUT2D eigenvalue weighted by Crippen LogP contribution is 2.25. The second-order valence-electron chi connectivity index (χ2n) is 6.21. The van der Waals surface area contributed by atoms with E-state index >= 15 is 0 Å². The van der Waals surface area contributed by atoms with Crippen LogP contribution in [0.5, 0.6) is 0 Å². The van der Waals surface area contributed by atoms with E-state index in [-0.39, 0.29) is 18.0 Å². The molecule has 0 aliphatic carbocycles. The Morgan fingerprint density at radius 1 is 1.04 bits per heavy atom. The van der Waals surface area contributed by atoms with Crippen molar-refractivity contribution in [3.63, 3.8) is 0 Å². The summed E-state index contributed by atoms with van der Waals surface area (Å²) in [4.78, 5) is 24.4. The number of rotatable bonds is 4. The minimum Gasteiger partial charge on any atom is -0.324 e. The minimum absolute atomic E-state index is 0.210. The Kier molecular flexibility index (Phi) is 5.63. The monoisotopic (exact) mass is 401 g/mol. The van der Waals surface area contributed by atoms with Crippen molar-refractivity contribution in [2.24, 2.45) is 0 Å². The van der Waals surface area contributed by atoms with Crippen LogP contribution < -0.4 is 10.9 Å². The smallest absolute Gasteiger partial charge is 0.267 e. The maximum Gasteiger partial charge on any atom is 0.267 e. The number of carbonyl (C=O) groups is 1. The second-order valence-corrected chi connectivity index (χ2v) is 7.02. The quantitative estimate of drug-likeness (QED) is 0.700. The lowest BCUT2D eigenvalue weighted by molar-refractivity contribution is -0.117. The fraction of sp³-hybridized carbons (Fsp3) is 0.150. The van der Waals surface area contributed by atoms with Crippen molar-refractivity contribution < 1.29 is 4.79 Å². The number of halogens is 2. The average Bonchev–Trinajstić information content (AvgIpc) is 2.60. The molecule has 1 amide bonds. The molecule has 0 aliphatic rings. The molecule has 0 unspecified atom stereocenters. The average molecular weight is 402 g/mol. The summed E-state index contributed by atoms with van der Waals surface area (Å²) >= 11 is 11.8. The molecule has 0 spiro atoms. The van der Waals surface area contributed by atoms with Gasteiger partial charge in [0.1, 0.15) is 6.54 Å². The third-order valence-corrected chi connectivity index (χ3v) is 4.76. The molecule has 0 atom stereocenters. The molecular weight excluding hydrogens is 385 g/mol. The van der Waals surface area contributed by atoms with Gasteiger partial charge in [-0.2, -0.15) is 5.10 Å². The van der Waals surface area contributed by atoms with Crippen LogP contribution in [-0.2, 0) is 11.3 Å². The first-order valence-electron chi connectivity index (χ1n) is 8.24. The van der Waals surface area contributed by atoms with Gasteiger partial charge in [-0.15, -0.1) is 0 Å². The number of aromatic nitrogens is 2. The normalized spacial score (nSPS) is 10.7. The molecule has 0 aliphatic heterocycles. The summed E-state index contributed by atoms with van der Waals surface area (Å²) in [7, 11) is 0. The molecule has 7 heteroatoms. The van der Waals surface area contributed by atoms with Gasteiger partial charge in [-0.25, -0.2) is 4.68 Å². The molecule has 3 aromatic rings. The fourth-order valence-corrected chi connectivity index (χ4v) is 3.02. The van der Waals surface area contributed by atoms with E-state index in [4.69, 9.17) is 23.2 Å². The standard InChI is InChI=1S/C20H17Cl2N3O2/c1-12-3-5-15(13(2)9-12)18-7-8-20(27)25(24-18)11-19(26)23-14-4-6-16(21)17(22)10-14/h3-10H,11H2,1-2H3,(H,23,26). The Balaban J connectivity index is 1.83. The van der Waals surface area contributed by atoms with Crippen LogP contribution in [0.1, 0.15) is 11.1 Å². The molecule has 0 fully saturated rings. The summed E-state index contributed by atoms with van der Waals surface area (Å²) < 4.78 is 1.14. The summed E-state index contributed by atoms with van der Waals surface area (Å²) in [5.74, 6) is -0.388. The molecule has 27 heavy (non-hydrogen) atoms. The highest BCUT2D eigenvalue weighted by molar-refractivity contribution is 6.42. The second kappa shape index (κ2) is 7.94. The molecule has 1 N–H and O–H groups in total. The first-order chi connectivity index (χ1) is 12.8. The van der Waals surface area contributed by atoms with E-state index in [9.17, 15) is 9.59 Å². The highest BCUT2D eigenvalue weighted by atomic mass is 35.5. The third kappa shape index (κ3) is 4.56. The summed E-state index contributed by atoms with van der Waals surface area (Å²) in [5.41, 5.74) is 3.88. The van der Waals surface area contributed by atoms with Gasteiger partial charge < -0.3 is 5.32 Å². The molecule has 1 aromatic heterocycles. The molecule has 0 radical (unpaired) electrons. The highest BCUT2D eigenvalue weighted by Gasteiger charge is 2.10. The molecule has 0 bridgehead atoms. The fourth-order valence-electron chi connectivity index (χ4n) is 2.72. The number of nitrogens with one attached hydrogen (secondary N) is 1. The van der Waals surface area contributed by atoms with Gasteiger partial charge in [0.05, 0.1) is 15.7 Å². The van der Waals surface area contributed by atoms with Gasteiger partial charge >= 0.3 is 0 Å². The zero-order valence-electron chi connectivity index (χ0n) is 14.8. The van der Waals surface area contributed by atoms with E-state index in [0.717, 1.165) is 21.4 Å². The summed E-state index contributed by atoms with van der Waals surface area (Å²) in [6, 6.07) is 13.8. The van der Waals surface area contributed by atoms with Crippen molar-refractivity contribution in [1.82, 2.24) is 9.78 Å². The van der Waals surface area contributed by atoms with Gasteiger partial charge in [-0.3, -0.25) is 9.59 Å². The van der Waals surface area contributed by atoms with Crippen molar-refractivity contribution >= 4 is 34.8 Å². The summed E-state index contributed by atoms with van der Waals surface area (Å²) in [5, 5.41) is 7.76. The van der Waals surface area contributed by atoms with Gasteiger partial charge in [0.15, 0.2) is 0 Å². The Hall–Kier alpha value is -2.63. The first kappa shape index (κ1) is 19.1. The van der Waals surface area contributed by atoms with Gasteiger partial charge in [0, 0.05) is 17.3 Å². The summed E-state index contributed by atoms with van der Waals surface area (Å²) in [6.45, 7) is 3.78. The number of hydrogen-bond acceptors (Lipinski definition) is 3. The summed E-state index contributed by atoms with van der Waals surface area (Å²) in [6.07, 6.45) is 0. The Bertz CT molecular complexity index is 1080. The van der Waals surface area contributed by atoms with Crippen molar-refractivity contribution in [1.29, 1.82) is 0 Å². The van der Waals surface area contributed by atoms with Crippen LogP contribution in [0.15, 0.2) is 53.3 Å². The minimum atomic E-state index is -0.388. The van der Waals surface area contributed by atoms with Crippen molar-refractivity contribution in [2.75, 3.05) is 5.32 Å². The van der Waals surface area contributed by atoms with Crippen LogP contribution in [-0.4, -0.2) is 15.7 Å². The predicted octanol–water partition coefficient (Wildman–Crippen LogP) is 4.47. The SMILES string of the molecule is Cc1ccc(-c2ccc(=O)n(CC(=O)Nc3ccc(Cl)c(Cl)c3)n2)c(C)c1. The number of carbonyl (C=O) groups excluding carboxylic acids is 1. The van der Waals surface area contributed by atoms with Crippen LogP contribution in [0.2, 0.25) is 10.0 Å². The Morgan fingerprint density at radius 3 is 2.52 bits per heavy atom. The van der Waals surface area contributed by atoms with Crippen LogP contribution in [0.4, 0.5) is 5.69 Å². The number of nitrogens with zero attached hydrogens (tertiary/aromatic N) is 2. The number of amides is 1. The molecule has 0 saturated carbocycles. The van der Waals surface area contributed by atoms with Gasteiger partial charge in [-0.1, -0.05) is 47.0 Å². The van der Waals surface area contributed by atoms with Crippen LogP contribution in [0, 0.1) is 13.8 Å². The van der Waals surface area contributed by atoms with Gasteiger partial charge in [-0.05, 0) is 43.7 Å². The Labute approximate surface area is 166 Å². The zero-order valence-corrected chi connectivity index (χ0v) is 16.3. The van der Waals surface area contributed by atoms with E-state index in [1.54, 1.807) is 24.3 Å².